The van der Waals surface area contributed by atoms with Gasteiger partial charge >= 0.3 is 5.91 Å². The summed E-state index contributed by atoms with van der Waals surface area (Å²) in [6.07, 6.45) is 2.11. The molecule has 1 amide bonds. The fourth-order valence-corrected chi connectivity index (χ4v) is 3.52. The van der Waals surface area contributed by atoms with Gasteiger partial charge < -0.3 is 0 Å². The number of rotatable bonds is 4. The number of hydrogen-bond acceptors (Lipinski definition) is 3. The van der Waals surface area contributed by atoms with E-state index in [1.165, 1.54) is 18.2 Å². The molecule has 22 heavy (non-hydrogen) atoms. The Morgan fingerprint density at radius 3 is 2.68 bits per heavy atom. The lowest BCUT2D eigenvalue weighted by Crippen LogP contribution is -2.79. The zero-order valence-electron chi connectivity index (χ0n) is 12.0. The van der Waals surface area contributed by atoms with Crippen LogP contribution in [0, 0.1) is 0 Å². The second kappa shape index (κ2) is 5.38. The Morgan fingerprint density at radius 2 is 1.91 bits per heavy atom. The molecule has 3 rings (SSSR count). The van der Waals surface area contributed by atoms with Gasteiger partial charge in [-0.2, -0.15) is 4.99 Å². The molecular formula is C16H15N2O3S+. The first kappa shape index (κ1) is 14.5. The summed E-state index contributed by atoms with van der Waals surface area (Å²) >= 11 is 0. The third kappa shape index (κ3) is 2.65. The third-order valence-electron chi connectivity index (χ3n) is 3.52. The highest BCUT2D eigenvalue weighted by Gasteiger charge is 2.18. The van der Waals surface area contributed by atoms with E-state index in [4.69, 9.17) is 0 Å². The summed E-state index contributed by atoms with van der Waals surface area (Å²) in [5.74, 6) is -0.242. The molecular weight excluding hydrogens is 300 g/mol. The molecule has 1 heterocycles. The highest BCUT2D eigenvalue weighted by molar-refractivity contribution is 7.92. The van der Waals surface area contributed by atoms with Gasteiger partial charge in [-0.25, -0.2) is 13.2 Å². The Kier molecular flexibility index (Phi) is 3.54. The minimum atomic E-state index is -3.69. The van der Waals surface area contributed by atoms with Gasteiger partial charge in [0.1, 0.15) is 0 Å². The Bertz CT molecular complexity index is 979. The molecule has 6 heteroatoms. The Hall–Kier alpha value is -2.47. The number of sulfonamides is 1. The molecule has 0 unspecified atom stereocenters. The van der Waals surface area contributed by atoms with Crippen LogP contribution in [0.1, 0.15) is 12.5 Å². The molecule has 0 aromatic heterocycles. The number of para-hydroxylation sites is 1. The molecule has 0 radical (unpaired) electrons. The maximum Gasteiger partial charge on any atom is 0.411 e. The van der Waals surface area contributed by atoms with Crippen molar-refractivity contribution in [2.24, 2.45) is 0 Å². The van der Waals surface area contributed by atoms with E-state index in [0.717, 1.165) is 12.0 Å². The van der Waals surface area contributed by atoms with Gasteiger partial charge in [-0.05, 0) is 30.2 Å². The van der Waals surface area contributed by atoms with Gasteiger partial charge in [-0.3, -0.25) is 4.72 Å². The number of amides is 1. The van der Waals surface area contributed by atoms with Gasteiger partial charge in [0, 0.05) is 6.07 Å². The normalized spacial score (nSPS) is 13.2. The maximum absolute atomic E-state index is 12.5. The topological polar surface area (TPSA) is 77.2 Å². The molecule has 0 saturated carbocycles. The predicted octanol–water partition coefficient (Wildman–Crippen LogP) is -0.929. The number of carbonyl (C=O) groups is 1. The largest absolute Gasteiger partial charge is 0.411 e. The van der Waals surface area contributed by atoms with Gasteiger partial charge in [0.25, 0.3) is 10.0 Å². The van der Waals surface area contributed by atoms with Crippen molar-refractivity contribution in [3.8, 4) is 0 Å². The molecule has 0 aliphatic carbocycles. The first-order chi connectivity index (χ1) is 10.5. The zero-order valence-corrected chi connectivity index (χ0v) is 12.8. The number of nitrogens with one attached hydrogen (secondary N) is 2. The summed E-state index contributed by atoms with van der Waals surface area (Å²) in [5, 5.41) is 1.20. The van der Waals surface area contributed by atoms with Crippen molar-refractivity contribution < 1.29 is 18.2 Å². The first-order valence-corrected chi connectivity index (χ1v) is 8.38. The lowest BCUT2D eigenvalue weighted by Gasteiger charge is -2.11. The van der Waals surface area contributed by atoms with Crippen LogP contribution in [0.2, 0.25) is 0 Å². The summed E-state index contributed by atoms with van der Waals surface area (Å²) in [6, 6.07) is 11.8. The van der Waals surface area contributed by atoms with Crippen LogP contribution in [0.15, 0.2) is 47.4 Å². The monoisotopic (exact) mass is 315 g/mol. The van der Waals surface area contributed by atoms with E-state index in [2.05, 4.69) is 9.71 Å². The second-order valence-corrected chi connectivity index (χ2v) is 6.68. The van der Waals surface area contributed by atoms with Crippen LogP contribution in [0.3, 0.4) is 0 Å². The van der Waals surface area contributed by atoms with Gasteiger partial charge in [0.05, 0.1) is 21.9 Å². The van der Waals surface area contributed by atoms with Gasteiger partial charge in [0.2, 0.25) is 5.36 Å². The number of fused-ring (bicyclic) bond motifs is 1. The molecule has 0 spiro atoms. The molecule has 2 aromatic carbocycles. The Labute approximate surface area is 128 Å². The number of benzene rings is 2. The van der Waals surface area contributed by atoms with Crippen molar-refractivity contribution >= 4 is 27.7 Å². The van der Waals surface area contributed by atoms with Crippen LogP contribution >= 0.6 is 0 Å². The van der Waals surface area contributed by atoms with E-state index in [9.17, 15) is 13.2 Å². The van der Waals surface area contributed by atoms with Crippen LogP contribution in [-0.2, 0) is 21.2 Å². The number of aryl methyl sites for hydroxylation is 1. The van der Waals surface area contributed by atoms with Crippen LogP contribution in [0.4, 0.5) is 5.69 Å². The summed E-state index contributed by atoms with van der Waals surface area (Å²) in [7, 11) is -3.69. The fraction of sp³-hybridized carbons (Fsp3) is 0.125. The lowest BCUT2D eigenvalue weighted by molar-refractivity contribution is -0.406. The Morgan fingerprint density at radius 1 is 1.14 bits per heavy atom. The average Bonchev–Trinajstić information content (AvgIpc) is 2.86. The van der Waals surface area contributed by atoms with Crippen LogP contribution in [0.25, 0.3) is 6.08 Å². The van der Waals surface area contributed by atoms with Crippen LogP contribution in [0.5, 0.6) is 0 Å². The molecule has 0 bridgehead atoms. The highest BCUT2D eigenvalue weighted by atomic mass is 32.2. The van der Waals surface area contributed by atoms with Gasteiger partial charge in [0.15, 0.2) is 0 Å². The second-order valence-electron chi connectivity index (χ2n) is 5.00. The van der Waals surface area contributed by atoms with E-state index in [1.807, 2.05) is 19.1 Å². The standard InChI is InChI=1S/C16H14N2O3S/c1-2-11-5-3-4-6-15(11)18-22(20,21)13-7-8-14-12(9-13)10-16(19)17-14/h3-10,18H,2H2,1H3/p+1. The van der Waals surface area contributed by atoms with E-state index in [1.54, 1.807) is 18.2 Å². The molecule has 112 valence electrons. The first-order valence-electron chi connectivity index (χ1n) is 6.90. The molecule has 0 saturated heterocycles. The molecule has 5 nitrogen and oxygen atoms in total. The number of hydrogen-bond donors (Lipinski definition) is 2. The summed E-state index contributed by atoms with van der Waals surface area (Å²) in [5.41, 5.74) is 1.50. The minimum absolute atomic E-state index is 0.130. The third-order valence-corrected chi connectivity index (χ3v) is 4.88. The molecule has 0 atom stereocenters. The zero-order chi connectivity index (χ0) is 15.7. The molecule has 1 aliphatic heterocycles. The van der Waals surface area contributed by atoms with Crippen molar-refractivity contribution in [3.05, 3.63) is 58.6 Å². The fourth-order valence-electron chi connectivity index (χ4n) is 2.38. The van der Waals surface area contributed by atoms with E-state index in [-0.39, 0.29) is 10.8 Å². The van der Waals surface area contributed by atoms with Crippen molar-refractivity contribution in [2.75, 3.05) is 4.72 Å². The van der Waals surface area contributed by atoms with E-state index in [0.29, 0.717) is 16.3 Å². The van der Waals surface area contributed by atoms with E-state index < -0.39 is 10.0 Å². The summed E-state index contributed by atoms with van der Waals surface area (Å²) < 4.78 is 27.7. The molecule has 2 N–H and O–H groups in total. The molecule has 2 aromatic rings. The minimum Gasteiger partial charge on any atom is -0.279 e. The van der Waals surface area contributed by atoms with Crippen LogP contribution < -0.4 is 20.3 Å². The molecule has 1 aliphatic rings. The SMILES string of the molecule is CCc1ccccc1NS(=O)(=O)c1ccc2c(c1)=CC(=O)[NH+]=2. The highest BCUT2D eigenvalue weighted by Crippen LogP contribution is 2.19. The van der Waals surface area contributed by atoms with Gasteiger partial charge in [-0.1, -0.05) is 25.1 Å². The smallest absolute Gasteiger partial charge is 0.279 e. The maximum atomic E-state index is 12.5. The summed E-state index contributed by atoms with van der Waals surface area (Å²) in [6.45, 7) is 1.97. The molecule has 0 fully saturated rings. The van der Waals surface area contributed by atoms with Crippen molar-refractivity contribution in [2.45, 2.75) is 18.2 Å². The van der Waals surface area contributed by atoms with Crippen molar-refractivity contribution in [1.82, 2.24) is 0 Å². The average molecular weight is 315 g/mol. The number of carbonyl (C=O) groups excluding carboxylic acids is 1. The van der Waals surface area contributed by atoms with E-state index >= 15 is 0 Å². The predicted molar refractivity (Wildman–Crippen MR) is 81.9 cm³/mol. The van der Waals surface area contributed by atoms with Crippen molar-refractivity contribution in [1.29, 1.82) is 0 Å². The number of anilines is 1. The quantitative estimate of drug-likeness (QED) is 0.765. The van der Waals surface area contributed by atoms with Crippen LogP contribution in [-0.4, -0.2) is 14.3 Å². The Balaban J connectivity index is 2.02. The van der Waals surface area contributed by atoms with Gasteiger partial charge in [-0.15, -0.1) is 0 Å². The lowest BCUT2D eigenvalue weighted by atomic mass is 10.1. The summed E-state index contributed by atoms with van der Waals surface area (Å²) in [4.78, 5) is 14.1. The van der Waals surface area contributed by atoms with Crippen molar-refractivity contribution in [3.63, 3.8) is 0 Å².